The average molecular weight is 628 g/mol. The molecule has 0 saturated heterocycles. The number of halogens is 3. The van der Waals surface area contributed by atoms with Crippen LogP contribution in [-0.2, 0) is 10.2 Å². The monoisotopic (exact) mass is 626 g/mol. The molecule has 1 N–H and O–H groups in total. The van der Waals surface area contributed by atoms with Crippen LogP contribution in [0.1, 0.15) is 37.5 Å². The van der Waals surface area contributed by atoms with Crippen LogP contribution in [0.4, 0.5) is 0 Å². The molecule has 0 spiro atoms. The third kappa shape index (κ3) is 6.46. The number of hydrogen-bond donors (Lipinski definition) is 1. The van der Waals surface area contributed by atoms with E-state index in [1.54, 1.807) is 18.2 Å². The van der Waals surface area contributed by atoms with Crippen molar-refractivity contribution in [1.82, 2.24) is 5.01 Å². The molecule has 5 rings (SSSR count). The summed E-state index contributed by atoms with van der Waals surface area (Å²) in [5, 5.41) is 16.3. The molecule has 41 heavy (non-hydrogen) atoms. The third-order valence-corrected chi connectivity index (χ3v) is 8.04. The van der Waals surface area contributed by atoms with Gasteiger partial charge in [-0.25, -0.2) is 0 Å². The van der Waals surface area contributed by atoms with E-state index in [4.69, 9.17) is 49.7 Å². The van der Waals surface area contributed by atoms with Crippen molar-refractivity contribution >= 4 is 74.6 Å². The summed E-state index contributed by atoms with van der Waals surface area (Å²) in [6.45, 7) is 6.99. The zero-order chi connectivity index (χ0) is 29.3. The average Bonchev–Trinajstić information content (AvgIpc) is 3.34. The second-order valence-corrected chi connectivity index (χ2v) is 12.4. The van der Waals surface area contributed by atoms with Crippen LogP contribution in [0, 0.1) is 5.41 Å². The fourth-order valence-corrected chi connectivity index (χ4v) is 5.88. The molecule has 1 amide bonds. The summed E-state index contributed by atoms with van der Waals surface area (Å²) < 4.78 is 11.6. The lowest BCUT2D eigenvalue weighted by Crippen LogP contribution is -2.35. The summed E-state index contributed by atoms with van der Waals surface area (Å²) in [4.78, 5) is 17.0. The molecule has 2 aliphatic heterocycles. The Balaban J connectivity index is 1.26. The highest BCUT2D eigenvalue weighted by molar-refractivity contribution is 8.27. The normalized spacial score (nSPS) is 16.0. The first kappa shape index (κ1) is 29.2. The van der Waals surface area contributed by atoms with Crippen molar-refractivity contribution in [2.24, 2.45) is 10.1 Å². The minimum Gasteiger partial charge on any atom is -0.490 e. The SMILES string of the molecule is CC(C)(C)c1ccc(OCCOc2c(Cl)cc(/C=C3/C(=N)N4N=C(c5ccccc5Cl)SC4=NC3=O)cc2Cl)cc1. The zero-order valence-corrected chi connectivity index (χ0v) is 25.5. The molecule has 0 fully saturated rings. The minimum atomic E-state index is -0.565. The summed E-state index contributed by atoms with van der Waals surface area (Å²) in [5.41, 5.74) is 2.54. The number of thioether (sulfide) groups is 1. The van der Waals surface area contributed by atoms with Crippen molar-refractivity contribution in [1.29, 1.82) is 5.41 Å². The number of carbonyl (C=O) groups is 1. The molecule has 3 aromatic carbocycles. The second-order valence-electron chi connectivity index (χ2n) is 10.2. The highest BCUT2D eigenvalue weighted by atomic mass is 35.5. The fraction of sp³-hybridized carbons (Fsp3) is 0.200. The van der Waals surface area contributed by atoms with Gasteiger partial charge in [-0.2, -0.15) is 15.1 Å². The van der Waals surface area contributed by atoms with Gasteiger partial charge in [-0.1, -0.05) is 85.9 Å². The highest BCUT2D eigenvalue weighted by Crippen LogP contribution is 2.37. The summed E-state index contributed by atoms with van der Waals surface area (Å²) in [6.07, 6.45) is 1.50. The van der Waals surface area contributed by atoms with Crippen molar-refractivity contribution in [3.8, 4) is 11.5 Å². The Bertz CT molecular complexity index is 1610. The fourth-order valence-electron chi connectivity index (χ4n) is 4.06. The Morgan fingerprint density at radius 2 is 1.61 bits per heavy atom. The van der Waals surface area contributed by atoms with Gasteiger partial charge in [-0.3, -0.25) is 10.2 Å². The van der Waals surface area contributed by atoms with Gasteiger partial charge in [0.15, 0.2) is 11.6 Å². The number of aliphatic imine (C=N–C) groups is 1. The number of fused-ring (bicyclic) bond motifs is 1. The van der Waals surface area contributed by atoms with Crippen LogP contribution in [0.15, 0.2) is 76.3 Å². The second kappa shape index (κ2) is 11.9. The number of nitrogens with zero attached hydrogens (tertiary/aromatic N) is 3. The van der Waals surface area contributed by atoms with Crippen LogP contribution in [0.5, 0.6) is 11.5 Å². The van der Waals surface area contributed by atoms with Gasteiger partial charge in [0.05, 0.1) is 20.6 Å². The predicted octanol–water partition coefficient (Wildman–Crippen LogP) is 8.07. The van der Waals surface area contributed by atoms with Crippen LogP contribution in [0.3, 0.4) is 0 Å². The number of rotatable bonds is 7. The first-order valence-corrected chi connectivity index (χ1v) is 14.6. The lowest BCUT2D eigenvalue weighted by Gasteiger charge is -2.20. The molecule has 0 aromatic heterocycles. The van der Waals surface area contributed by atoms with Crippen molar-refractivity contribution in [3.05, 3.63) is 98.0 Å². The maximum absolute atomic E-state index is 12.8. The summed E-state index contributed by atoms with van der Waals surface area (Å²) in [5.74, 6) is 0.364. The number of carbonyl (C=O) groups excluding carboxylic acids is 1. The molecule has 3 aromatic rings. The number of nitrogens with one attached hydrogen (secondary N) is 1. The molecule has 0 radical (unpaired) electrons. The van der Waals surface area contributed by atoms with E-state index in [0.717, 1.165) is 5.75 Å². The van der Waals surface area contributed by atoms with Crippen LogP contribution < -0.4 is 9.47 Å². The Morgan fingerprint density at radius 3 is 2.27 bits per heavy atom. The van der Waals surface area contributed by atoms with Gasteiger partial charge >= 0.3 is 0 Å². The first-order valence-electron chi connectivity index (χ1n) is 12.6. The minimum absolute atomic E-state index is 0.0465. The standard InChI is InChI=1S/C30H25Cl3N4O3S/c1-30(2,3)18-8-10-19(11-9-18)39-12-13-40-25-23(32)15-17(16-24(25)33)14-21-26(34)37-29(35-27(21)38)41-28(36-37)20-6-4-5-7-22(20)31/h4-11,14-16,34H,12-13H2,1-3H3/b21-14-,34-26?. The molecule has 2 heterocycles. The van der Waals surface area contributed by atoms with Gasteiger partial charge in [-0.05, 0) is 64.7 Å². The van der Waals surface area contributed by atoms with Gasteiger partial charge < -0.3 is 9.47 Å². The molecule has 0 aliphatic carbocycles. The van der Waals surface area contributed by atoms with E-state index < -0.39 is 5.91 Å². The quantitative estimate of drug-likeness (QED) is 0.211. The smallest absolute Gasteiger partial charge is 0.283 e. The Hall–Kier alpha value is -3.30. The number of ether oxygens (including phenoxy) is 2. The predicted molar refractivity (Wildman–Crippen MR) is 168 cm³/mol. The maximum Gasteiger partial charge on any atom is 0.283 e. The van der Waals surface area contributed by atoms with Crippen LogP contribution in [0.25, 0.3) is 6.08 Å². The van der Waals surface area contributed by atoms with Crippen LogP contribution in [0.2, 0.25) is 15.1 Å². The van der Waals surface area contributed by atoms with Gasteiger partial charge in [-0.15, -0.1) is 0 Å². The van der Waals surface area contributed by atoms with Gasteiger partial charge in [0.25, 0.3) is 5.91 Å². The van der Waals surface area contributed by atoms with E-state index in [1.807, 2.05) is 42.5 Å². The van der Waals surface area contributed by atoms with E-state index in [2.05, 4.69) is 30.9 Å². The van der Waals surface area contributed by atoms with Crippen LogP contribution in [-0.4, -0.2) is 40.2 Å². The van der Waals surface area contributed by atoms with Crippen molar-refractivity contribution in [2.75, 3.05) is 13.2 Å². The van der Waals surface area contributed by atoms with E-state index in [9.17, 15) is 4.79 Å². The summed E-state index contributed by atoms with van der Waals surface area (Å²) in [6, 6.07) is 18.4. The summed E-state index contributed by atoms with van der Waals surface area (Å²) >= 11 is 20.4. The third-order valence-electron chi connectivity index (χ3n) is 6.21. The molecule has 0 atom stereocenters. The zero-order valence-electron chi connectivity index (χ0n) is 22.4. The first-order chi connectivity index (χ1) is 19.5. The van der Waals surface area contributed by atoms with Crippen LogP contribution >= 0.6 is 46.6 Å². The molecule has 0 unspecified atom stereocenters. The van der Waals surface area contributed by atoms with E-state index in [0.29, 0.717) is 38.7 Å². The molecule has 0 bridgehead atoms. The summed E-state index contributed by atoms with van der Waals surface area (Å²) in [7, 11) is 0. The van der Waals surface area contributed by atoms with Gasteiger partial charge in [0.2, 0.25) is 5.17 Å². The molecule has 11 heteroatoms. The topological polar surface area (TPSA) is 87.3 Å². The van der Waals surface area contributed by atoms with Crippen molar-refractivity contribution in [3.63, 3.8) is 0 Å². The van der Waals surface area contributed by atoms with E-state index in [1.165, 1.54) is 28.4 Å². The lowest BCUT2D eigenvalue weighted by molar-refractivity contribution is -0.114. The van der Waals surface area contributed by atoms with Gasteiger partial charge in [0, 0.05) is 5.56 Å². The molecule has 7 nitrogen and oxygen atoms in total. The Morgan fingerprint density at radius 1 is 0.951 bits per heavy atom. The van der Waals surface area contributed by atoms with E-state index in [-0.39, 0.29) is 33.5 Å². The number of amidine groups is 2. The Kier molecular flexibility index (Phi) is 8.47. The molecular weight excluding hydrogens is 603 g/mol. The van der Waals surface area contributed by atoms with Crippen molar-refractivity contribution in [2.45, 2.75) is 26.2 Å². The molecule has 0 saturated carbocycles. The van der Waals surface area contributed by atoms with E-state index >= 15 is 0 Å². The number of hydrazone groups is 1. The molecule has 2 aliphatic rings. The number of amides is 1. The van der Waals surface area contributed by atoms with Gasteiger partial charge in [0.1, 0.15) is 24.0 Å². The van der Waals surface area contributed by atoms with Crippen molar-refractivity contribution < 1.29 is 14.3 Å². The maximum atomic E-state index is 12.8. The molecular formula is C30H25Cl3N4O3S. The number of hydrogen-bond acceptors (Lipinski definition) is 6. The lowest BCUT2D eigenvalue weighted by atomic mass is 9.87. The Labute approximate surface area is 257 Å². The number of benzene rings is 3. The highest BCUT2D eigenvalue weighted by Gasteiger charge is 2.36. The molecule has 210 valence electrons. The largest absolute Gasteiger partial charge is 0.490 e.